The smallest absolute Gasteiger partial charge is 0.254 e. The second-order valence-electron chi connectivity index (χ2n) is 6.20. The molecule has 3 N–H and O–H groups in total. The van der Waals surface area contributed by atoms with E-state index >= 15 is 0 Å². The molecule has 124 valence electrons. The monoisotopic (exact) mass is 333 g/mol. The third kappa shape index (κ3) is 2.16. The molecule has 0 radical (unpaired) electrons. The van der Waals surface area contributed by atoms with Gasteiger partial charge in [0, 0.05) is 5.57 Å². The molecule has 25 heavy (non-hydrogen) atoms. The molecular weight excluding hydrogens is 318 g/mol. The Balaban J connectivity index is 2.00. The van der Waals surface area contributed by atoms with Crippen molar-refractivity contribution in [1.29, 1.82) is 0 Å². The van der Waals surface area contributed by atoms with Gasteiger partial charge >= 0.3 is 0 Å². The van der Waals surface area contributed by atoms with Gasteiger partial charge in [-0.3, -0.25) is 14.9 Å². The van der Waals surface area contributed by atoms with Crippen LogP contribution in [0.25, 0.3) is 0 Å². The van der Waals surface area contributed by atoms with Crippen molar-refractivity contribution in [3.8, 4) is 11.5 Å². The van der Waals surface area contributed by atoms with E-state index in [2.05, 4.69) is 5.32 Å². The zero-order valence-corrected chi connectivity index (χ0v) is 13.1. The number of phenols is 2. The Hall–Kier alpha value is -3.34. The number of aromatic hydroxyl groups is 2. The number of carbonyl (C=O) groups is 2. The molecule has 5 heteroatoms. The lowest BCUT2D eigenvalue weighted by Gasteiger charge is -2.38. The van der Waals surface area contributed by atoms with Crippen LogP contribution in [0.3, 0.4) is 0 Å². The predicted octanol–water partition coefficient (Wildman–Crippen LogP) is 2.15. The maximum Gasteiger partial charge on any atom is 0.254 e. The molecule has 1 atom stereocenters. The minimum absolute atomic E-state index is 0.118. The number of allylic oxidation sites excluding steroid dienone is 3. The largest absolute Gasteiger partial charge is 0.508 e. The summed E-state index contributed by atoms with van der Waals surface area (Å²) in [6, 6.07) is 13.2. The van der Waals surface area contributed by atoms with Crippen LogP contribution < -0.4 is 5.32 Å². The Bertz CT molecular complexity index is 878. The molecule has 1 aliphatic carbocycles. The molecule has 0 bridgehead atoms. The first kappa shape index (κ1) is 15.2. The Morgan fingerprint density at radius 2 is 1.36 bits per heavy atom. The fraction of sp³-hybridized carbons (Fsp3) is 0.100. The van der Waals surface area contributed by atoms with Crippen LogP contribution in [0.5, 0.6) is 11.5 Å². The number of phenolic OH excluding ortho intramolecular Hbond substituents is 2. The van der Waals surface area contributed by atoms with Gasteiger partial charge in [0.25, 0.3) is 5.91 Å². The van der Waals surface area contributed by atoms with Gasteiger partial charge in [-0.15, -0.1) is 0 Å². The van der Waals surface area contributed by atoms with Crippen LogP contribution in [0.1, 0.15) is 11.1 Å². The van der Waals surface area contributed by atoms with Gasteiger partial charge in [-0.1, -0.05) is 42.5 Å². The van der Waals surface area contributed by atoms with Crippen LogP contribution >= 0.6 is 0 Å². The highest BCUT2D eigenvalue weighted by molar-refractivity contribution is 6.16. The number of hydrogen-bond acceptors (Lipinski definition) is 4. The zero-order valence-electron chi connectivity index (χ0n) is 13.1. The summed E-state index contributed by atoms with van der Waals surface area (Å²) in [7, 11) is 0. The van der Waals surface area contributed by atoms with Gasteiger partial charge in [-0.05, 0) is 35.4 Å². The van der Waals surface area contributed by atoms with Crippen LogP contribution in [0.2, 0.25) is 0 Å². The number of benzene rings is 2. The van der Waals surface area contributed by atoms with E-state index in [-0.39, 0.29) is 23.3 Å². The summed E-state index contributed by atoms with van der Waals surface area (Å²) in [6.45, 7) is 0. The van der Waals surface area contributed by atoms with E-state index in [1.807, 2.05) is 6.08 Å². The van der Waals surface area contributed by atoms with Crippen molar-refractivity contribution < 1.29 is 19.8 Å². The number of nitrogens with one attached hydrogen (secondary N) is 1. The van der Waals surface area contributed by atoms with E-state index in [1.54, 1.807) is 60.7 Å². The van der Waals surface area contributed by atoms with E-state index in [0.717, 1.165) is 11.1 Å². The number of rotatable bonds is 2. The zero-order chi connectivity index (χ0) is 17.6. The summed E-state index contributed by atoms with van der Waals surface area (Å²) in [5.41, 5.74) is 1.05. The summed E-state index contributed by atoms with van der Waals surface area (Å²) in [6.07, 6.45) is 5.31. The third-order valence-corrected chi connectivity index (χ3v) is 4.85. The molecule has 1 fully saturated rings. The quantitative estimate of drug-likeness (QED) is 0.735. The van der Waals surface area contributed by atoms with Crippen molar-refractivity contribution in [2.24, 2.45) is 5.92 Å². The van der Waals surface area contributed by atoms with Crippen molar-refractivity contribution in [3.05, 3.63) is 83.5 Å². The standard InChI is InChI=1S/C20H15NO4/c22-14-7-3-12(4-8-14)20(13-5-9-15(23)10-6-13)11-1-2-16-17(20)19(25)21-18(16)24/h1-11,17,22-23H,(H,21,24,25). The molecule has 1 unspecified atom stereocenters. The topological polar surface area (TPSA) is 86.6 Å². The van der Waals surface area contributed by atoms with Crippen LogP contribution in [0, 0.1) is 5.92 Å². The minimum atomic E-state index is -0.901. The highest BCUT2D eigenvalue weighted by Gasteiger charge is 2.52. The lowest BCUT2D eigenvalue weighted by molar-refractivity contribution is -0.126. The molecular formula is C20H15NO4. The maximum atomic E-state index is 12.6. The number of imide groups is 1. The summed E-state index contributed by atoms with van der Waals surface area (Å²) < 4.78 is 0. The van der Waals surface area contributed by atoms with Crippen LogP contribution in [-0.4, -0.2) is 22.0 Å². The van der Waals surface area contributed by atoms with Gasteiger partial charge in [0.05, 0.1) is 11.3 Å². The van der Waals surface area contributed by atoms with Crippen molar-refractivity contribution in [2.45, 2.75) is 5.41 Å². The maximum absolute atomic E-state index is 12.6. The Morgan fingerprint density at radius 1 is 0.840 bits per heavy atom. The molecule has 2 aromatic carbocycles. The van der Waals surface area contributed by atoms with E-state index in [0.29, 0.717) is 5.57 Å². The Kier molecular flexibility index (Phi) is 3.25. The van der Waals surface area contributed by atoms with E-state index in [4.69, 9.17) is 0 Å². The molecule has 0 saturated carbocycles. The predicted molar refractivity (Wildman–Crippen MR) is 90.9 cm³/mol. The summed E-state index contributed by atoms with van der Waals surface area (Å²) in [4.78, 5) is 24.8. The SMILES string of the molecule is O=C1NC(=O)C2C1=CC=CC2(c1ccc(O)cc1)c1ccc(O)cc1. The molecule has 1 heterocycles. The summed E-state index contributed by atoms with van der Waals surface area (Å²) in [5.74, 6) is -1.22. The van der Waals surface area contributed by atoms with Crippen molar-refractivity contribution in [3.63, 3.8) is 0 Å². The highest BCUT2D eigenvalue weighted by Crippen LogP contribution is 2.48. The van der Waals surface area contributed by atoms with Crippen LogP contribution in [0.4, 0.5) is 0 Å². The van der Waals surface area contributed by atoms with Crippen LogP contribution in [-0.2, 0) is 15.0 Å². The number of fused-ring (bicyclic) bond motifs is 1. The normalized spacial score (nSPS) is 20.8. The molecule has 5 nitrogen and oxygen atoms in total. The van der Waals surface area contributed by atoms with Crippen LogP contribution in [0.15, 0.2) is 72.3 Å². The van der Waals surface area contributed by atoms with Gasteiger partial charge in [0.2, 0.25) is 5.91 Å². The van der Waals surface area contributed by atoms with Gasteiger partial charge in [0.15, 0.2) is 0 Å². The number of hydrogen-bond donors (Lipinski definition) is 3. The second-order valence-corrected chi connectivity index (χ2v) is 6.20. The van der Waals surface area contributed by atoms with Gasteiger partial charge in [-0.2, -0.15) is 0 Å². The number of carbonyl (C=O) groups excluding carboxylic acids is 2. The molecule has 0 aromatic heterocycles. The average Bonchev–Trinajstić information content (AvgIpc) is 2.91. The highest BCUT2D eigenvalue weighted by atomic mass is 16.3. The lowest BCUT2D eigenvalue weighted by Crippen LogP contribution is -2.40. The first-order valence-corrected chi connectivity index (χ1v) is 7.86. The summed E-state index contributed by atoms with van der Waals surface area (Å²) >= 11 is 0. The van der Waals surface area contributed by atoms with Crippen molar-refractivity contribution >= 4 is 11.8 Å². The molecule has 2 amide bonds. The molecule has 1 saturated heterocycles. The summed E-state index contributed by atoms with van der Waals surface area (Å²) in [5, 5.41) is 21.7. The Morgan fingerprint density at radius 3 is 1.88 bits per heavy atom. The minimum Gasteiger partial charge on any atom is -0.508 e. The van der Waals surface area contributed by atoms with Gasteiger partial charge in [0.1, 0.15) is 11.5 Å². The number of amides is 2. The van der Waals surface area contributed by atoms with Crippen molar-refractivity contribution in [1.82, 2.24) is 5.32 Å². The lowest BCUT2D eigenvalue weighted by atomic mass is 9.62. The first-order valence-electron chi connectivity index (χ1n) is 7.86. The second kappa shape index (κ2) is 5.34. The fourth-order valence-electron chi connectivity index (χ4n) is 3.72. The molecule has 2 aliphatic rings. The van der Waals surface area contributed by atoms with Crippen molar-refractivity contribution in [2.75, 3.05) is 0 Å². The first-order chi connectivity index (χ1) is 12.0. The Labute approximate surface area is 143 Å². The van der Waals surface area contributed by atoms with E-state index < -0.39 is 11.3 Å². The van der Waals surface area contributed by atoms with Gasteiger partial charge in [-0.25, -0.2) is 0 Å². The fourth-order valence-corrected chi connectivity index (χ4v) is 3.72. The molecule has 1 aliphatic heterocycles. The molecule has 0 spiro atoms. The molecule has 2 aromatic rings. The van der Waals surface area contributed by atoms with Gasteiger partial charge < -0.3 is 10.2 Å². The van der Waals surface area contributed by atoms with E-state index in [9.17, 15) is 19.8 Å². The molecule has 4 rings (SSSR count). The third-order valence-electron chi connectivity index (χ3n) is 4.85. The average molecular weight is 333 g/mol. The van der Waals surface area contributed by atoms with E-state index in [1.165, 1.54) is 0 Å².